The van der Waals surface area contributed by atoms with E-state index in [9.17, 15) is 4.79 Å². The molecule has 0 unspecified atom stereocenters. The van der Waals surface area contributed by atoms with Gasteiger partial charge in [-0.1, -0.05) is 22.0 Å². The highest BCUT2D eigenvalue weighted by molar-refractivity contribution is 9.10. The molecule has 7 nitrogen and oxygen atoms in total. The second-order valence-electron chi connectivity index (χ2n) is 6.45. The fraction of sp³-hybridized carbons (Fsp3) is 0.0952. The van der Waals surface area contributed by atoms with Gasteiger partial charge < -0.3 is 19.5 Å². The Kier molecular flexibility index (Phi) is 5.18. The summed E-state index contributed by atoms with van der Waals surface area (Å²) < 4.78 is 8.93. The highest BCUT2D eigenvalue weighted by Gasteiger charge is 2.10. The van der Waals surface area contributed by atoms with Gasteiger partial charge in [0.15, 0.2) is 0 Å². The fourth-order valence-corrected chi connectivity index (χ4v) is 3.30. The van der Waals surface area contributed by atoms with E-state index in [1.165, 1.54) is 4.90 Å². The van der Waals surface area contributed by atoms with Crippen molar-refractivity contribution in [2.75, 3.05) is 17.3 Å². The van der Waals surface area contributed by atoms with Crippen molar-refractivity contribution < 1.29 is 9.53 Å². The number of halogens is 1. The van der Waals surface area contributed by atoms with Crippen molar-refractivity contribution in [3.05, 3.63) is 65.3 Å². The molecule has 4 rings (SSSR count). The Balaban J connectivity index is 1.60. The van der Waals surface area contributed by atoms with Gasteiger partial charge in [-0.2, -0.15) is 0 Å². The smallest absolute Gasteiger partial charge is 0.215 e. The van der Waals surface area contributed by atoms with Crippen LogP contribution in [0.4, 0.5) is 17.5 Å². The molecule has 2 aromatic heterocycles. The Labute approximate surface area is 176 Å². The summed E-state index contributed by atoms with van der Waals surface area (Å²) in [4.78, 5) is 21.2. The number of imidazole rings is 1. The van der Waals surface area contributed by atoms with Crippen molar-refractivity contribution in [2.24, 2.45) is 7.05 Å². The summed E-state index contributed by atoms with van der Waals surface area (Å²) in [6.45, 7) is 0. The monoisotopic (exact) mass is 451 g/mol. The first-order valence-corrected chi connectivity index (χ1v) is 9.64. The predicted molar refractivity (Wildman–Crippen MR) is 117 cm³/mol. The van der Waals surface area contributed by atoms with Crippen LogP contribution in [0.5, 0.6) is 11.5 Å². The lowest BCUT2D eigenvalue weighted by Crippen LogP contribution is -2.14. The maximum absolute atomic E-state index is 10.9. The minimum atomic E-state index is 0.511. The van der Waals surface area contributed by atoms with Gasteiger partial charge in [-0.25, -0.2) is 9.97 Å². The number of anilines is 3. The maximum atomic E-state index is 10.9. The van der Waals surface area contributed by atoms with Crippen LogP contribution >= 0.6 is 15.9 Å². The van der Waals surface area contributed by atoms with E-state index in [4.69, 9.17) is 4.74 Å². The number of pyridine rings is 1. The summed E-state index contributed by atoms with van der Waals surface area (Å²) in [6.07, 6.45) is 2.30. The molecule has 0 aliphatic carbocycles. The number of benzene rings is 2. The van der Waals surface area contributed by atoms with E-state index >= 15 is 0 Å². The normalized spacial score (nSPS) is 10.7. The van der Waals surface area contributed by atoms with E-state index in [0.29, 0.717) is 23.7 Å². The van der Waals surface area contributed by atoms with E-state index in [1.807, 2.05) is 54.1 Å². The molecule has 0 fully saturated rings. The minimum absolute atomic E-state index is 0.511. The molecule has 0 saturated heterocycles. The first-order chi connectivity index (χ1) is 14.0. The molecule has 2 heterocycles. The first kappa shape index (κ1) is 18.9. The van der Waals surface area contributed by atoms with Crippen molar-refractivity contribution in [2.45, 2.75) is 0 Å². The van der Waals surface area contributed by atoms with Gasteiger partial charge in [0.2, 0.25) is 12.4 Å². The number of nitrogens with one attached hydrogen (secondary N) is 1. The van der Waals surface area contributed by atoms with Gasteiger partial charge in [0.1, 0.15) is 17.3 Å². The SMILES string of the molecule is CN(C=O)c1cc(Oc2ccc3c(c2)nc(Nc2cccc(Br)c2)n3C)ccn1. The van der Waals surface area contributed by atoms with Crippen molar-refractivity contribution in [3.63, 3.8) is 0 Å². The van der Waals surface area contributed by atoms with E-state index < -0.39 is 0 Å². The molecule has 0 saturated carbocycles. The predicted octanol–water partition coefficient (Wildman–Crippen LogP) is 4.86. The van der Waals surface area contributed by atoms with E-state index in [-0.39, 0.29) is 0 Å². The summed E-state index contributed by atoms with van der Waals surface area (Å²) in [6, 6.07) is 17.1. The lowest BCUT2D eigenvalue weighted by Gasteiger charge is -2.11. The number of hydrogen-bond acceptors (Lipinski definition) is 5. The zero-order valence-electron chi connectivity index (χ0n) is 15.8. The molecule has 0 bridgehead atoms. The highest BCUT2D eigenvalue weighted by atomic mass is 79.9. The molecule has 0 radical (unpaired) electrons. The molecule has 0 aliphatic rings. The first-order valence-electron chi connectivity index (χ1n) is 8.84. The van der Waals surface area contributed by atoms with Crippen LogP contribution in [0.3, 0.4) is 0 Å². The van der Waals surface area contributed by atoms with E-state index in [0.717, 1.165) is 27.1 Å². The van der Waals surface area contributed by atoms with Gasteiger partial charge in [0, 0.05) is 42.6 Å². The number of rotatable bonds is 6. The largest absolute Gasteiger partial charge is 0.457 e. The molecule has 0 aliphatic heterocycles. The van der Waals surface area contributed by atoms with Crippen LogP contribution in [-0.4, -0.2) is 28.0 Å². The van der Waals surface area contributed by atoms with Crippen LogP contribution in [0.1, 0.15) is 0 Å². The average molecular weight is 452 g/mol. The zero-order valence-corrected chi connectivity index (χ0v) is 17.4. The number of aryl methyl sites for hydroxylation is 1. The Morgan fingerprint density at radius 3 is 2.76 bits per heavy atom. The van der Waals surface area contributed by atoms with Crippen molar-refractivity contribution in [1.82, 2.24) is 14.5 Å². The molecular weight excluding hydrogens is 434 g/mol. The standard InChI is InChI=1S/C21H18BrN5O2/c1-26(13-28)20-12-17(8-9-23-20)29-16-6-7-19-18(11-16)25-21(27(19)2)24-15-5-3-4-14(22)10-15/h3-13H,1-2H3,(H,24,25). The molecule has 1 N–H and O–H groups in total. The highest BCUT2D eigenvalue weighted by Crippen LogP contribution is 2.29. The summed E-state index contributed by atoms with van der Waals surface area (Å²) in [5.41, 5.74) is 2.73. The van der Waals surface area contributed by atoms with Crippen molar-refractivity contribution in [3.8, 4) is 11.5 Å². The molecular formula is C21H18BrN5O2. The maximum Gasteiger partial charge on any atom is 0.215 e. The number of nitrogens with zero attached hydrogens (tertiary/aromatic N) is 4. The van der Waals surface area contributed by atoms with Gasteiger partial charge in [-0.3, -0.25) is 4.79 Å². The quantitative estimate of drug-likeness (QED) is 0.423. The van der Waals surface area contributed by atoms with Gasteiger partial charge in [0.05, 0.1) is 11.0 Å². The van der Waals surface area contributed by atoms with Crippen LogP contribution in [0, 0.1) is 0 Å². The molecule has 146 valence electrons. The number of carbonyl (C=O) groups is 1. The number of fused-ring (bicyclic) bond motifs is 1. The Morgan fingerprint density at radius 1 is 1.14 bits per heavy atom. The summed E-state index contributed by atoms with van der Waals surface area (Å²) in [5, 5.41) is 3.33. The lowest BCUT2D eigenvalue weighted by atomic mass is 10.3. The minimum Gasteiger partial charge on any atom is -0.457 e. The Morgan fingerprint density at radius 2 is 1.97 bits per heavy atom. The molecule has 1 amide bonds. The van der Waals surface area contributed by atoms with Crippen molar-refractivity contribution in [1.29, 1.82) is 0 Å². The van der Waals surface area contributed by atoms with Crippen LogP contribution in [0.25, 0.3) is 11.0 Å². The molecule has 0 spiro atoms. The number of carbonyl (C=O) groups excluding carboxylic acids is 1. The molecule has 4 aromatic rings. The topological polar surface area (TPSA) is 72.3 Å². The average Bonchev–Trinajstić information content (AvgIpc) is 3.02. The third-order valence-electron chi connectivity index (χ3n) is 4.41. The Bertz CT molecular complexity index is 1190. The molecule has 0 atom stereocenters. The summed E-state index contributed by atoms with van der Waals surface area (Å²) >= 11 is 3.48. The number of aromatic nitrogens is 3. The summed E-state index contributed by atoms with van der Waals surface area (Å²) in [7, 11) is 3.60. The van der Waals surface area contributed by atoms with Gasteiger partial charge in [-0.15, -0.1) is 0 Å². The number of amides is 1. The fourth-order valence-electron chi connectivity index (χ4n) is 2.90. The number of ether oxygens (including phenoxy) is 1. The van der Waals surface area contributed by atoms with Crippen LogP contribution in [-0.2, 0) is 11.8 Å². The van der Waals surface area contributed by atoms with E-state index in [2.05, 4.69) is 31.2 Å². The second kappa shape index (κ2) is 7.92. The third kappa shape index (κ3) is 4.07. The van der Waals surface area contributed by atoms with Crippen LogP contribution < -0.4 is 15.0 Å². The van der Waals surface area contributed by atoms with Gasteiger partial charge in [-0.05, 0) is 36.4 Å². The van der Waals surface area contributed by atoms with Crippen molar-refractivity contribution >= 4 is 50.8 Å². The van der Waals surface area contributed by atoms with Gasteiger partial charge in [0.25, 0.3) is 0 Å². The second-order valence-corrected chi connectivity index (χ2v) is 7.36. The lowest BCUT2D eigenvalue weighted by molar-refractivity contribution is -0.107. The van der Waals surface area contributed by atoms with Crippen LogP contribution in [0.2, 0.25) is 0 Å². The third-order valence-corrected chi connectivity index (χ3v) is 4.90. The molecule has 2 aromatic carbocycles. The number of hydrogen-bond donors (Lipinski definition) is 1. The van der Waals surface area contributed by atoms with Crippen LogP contribution in [0.15, 0.2) is 65.3 Å². The Hall–Kier alpha value is -3.39. The molecule has 8 heteroatoms. The molecule has 29 heavy (non-hydrogen) atoms. The van der Waals surface area contributed by atoms with E-state index in [1.54, 1.807) is 25.4 Å². The zero-order chi connectivity index (χ0) is 20.4. The van der Waals surface area contributed by atoms with Gasteiger partial charge >= 0.3 is 0 Å². The summed E-state index contributed by atoms with van der Waals surface area (Å²) in [5.74, 6) is 2.48.